The lowest BCUT2D eigenvalue weighted by Gasteiger charge is -2.15. The smallest absolute Gasteiger partial charge is 0.252 e. The second kappa shape index (κ2) is 8.68. The van der Waals surface area contributed by atoms with Crippen molar-refractivity contribution >= 4 is 16.9 Å². The van der Waals surface area contributed by atoms with E-state index < -0.39 is 0 Å². The fourth-order valence-corrected chi connectivity index (χ4v) is 3.78. The number of hydrogen-bond acceptors (Lipinski definition) is 3. The molecule has 0 saturated heterocycles. The predicted octanol–water partition coefficient (Wildman–Crippen LogP) is 4.93. The zero-order valence-corrected chi connectivity index (χ0v) is 17.9. The number of carbonyl (C=O) groups is 1. The number of nitrogens with one attached hydrogen (secondary N) is 1. The minimum absolute atomic E-state index is 0.00907. The Bertz CT molecular complexity index is 1230. The maximum atomic E-state index is 13.8. The van der Waals surface area contributed by atoms with Gasteiger partial charge in [-0.05, 0) is 63.4 Å². The molecule has 0 fully saturated rings. The van der Waals surface area contributed by atoms with Crippen molar-refractivity contribution in [1.29, 1.82) is 0 Å². The van der Waals surface area contributed by atoms with Crippen LogP contribution in [0.2, 0.25) is 0 Å². The molecule has 31 heavy (non-hydrogen) atoms. The molecule has 2 aromatic heterocycles. The summed E-state index contributed by atoms with van der Waals surface area (Å²) in [6.07, 6.45) is 1.73. The minimum atomic E-state index is -0.350. The predicted molar refractivity (Wildman–Crippen MR) is 120 cm³/mol. The zero-order chi connectivity index (χ0) is 22.0. The summed E-state index contributed by atoms with van der Waals surface area (Å²) >= 11 is 0. The van der Waals surface area contributed by atoms with Crippen LogP contribution < -0.4 is 5.32 Å². The molecule has 2 aromatic carbocycles. The number of rotatable bonds is 6. The van der Waals surface area contributed by atoms with Crippen LogP contribution in [0.1, 0.15) is 40.7 Å². The summed E-state index contributed by atoms with van der Waals surface area (Å²) in [7, 11) is 0. The first-order valence-corrected chi connectivity index (χ1v) is 10.4. The lowest BCUT2D eigenvalue weighted by Crippen LogP contribution is -2.33. The van der Waals surface area contributed by atoms with E-state index in [0.29, 0.717) is 33.7 Å². The van der Waals surface area contributed by atoms with Crippen LogP contribution in [0.3, 0.4) is 0 Å². The molecule has 1 N–H and O–H groups in total. The number of pyridine rings is 1. The van der Waals surface area contributed by atoms with Crippen molar-refractivity contribution in [3.63, 3.8) is 0 Å². The maximum absolute atomic E-state index is 13.8. The average Bonchev–Trinajstić information content (AvgIpc) is 3.08. The average molecular weight is 417 g/mol. The Morgan fingerprint density at radius 3 is 2.61 bits per heavy atom. The fraction of sp³-hybridized carbons (Fsp3) is 0.240. The molecule has 0 aliphatic carbocycles. The number of aryl methyl sites for hydroxylation is 3. The highest BCUT2D eigenvalue weighted by Crippen LogP contribution is 2.25. The highest BCUT2D eigenvalue weighted by molar-refractivity contribution is 6.06. The van der Waals surface area contributed by atoms with Crippen LogP contribution >= 0.6 is 0 Å². The number of aromatic nitrogens is 3. The van der Waals surface area contributed by atoms with Gasteiger partial charge in [0.15, 0.2) is 5.65 Å². The third-order valence-corrected chi connectivity index (χ3v) is 5.32. The number of halogens is 1. The van der Waals surface area contributed by atoms with Crippen LogP contribution in [0, 0.1) is 19.7 Å². The molecule has 0 aliphatic heterocycles. The first-order valence-electron chi connectivity index (χ1n) is 10.4. The van der Waals surface area contributed by atoms with Crippen LogP contribution in [-0.2, 0) is 6.42 Å². The summed E-state index contributed by atoms with van der Waals surface area (Å²) in [6, 6.07) is 18.2. The van der Waals surface area contributed by atoms with E-state index in [1.54, 1.807) is 22.9 Å². The summed E-state index contributed by atoms with van der Waals surface area (Å²) in [5.41, 5.74) is 4.28. The summed E-state index contributed by atoms with van der Waals surface area (Å²) in [5, 5.41) is 8.34. The largest absolute Gasteiger partial charge is 0.350 e. The number of fused-ring (bicyclic) bond motifs is 1. The summed E-state index contributed by atoms with van der Waals surface area (Å²) in [6.45, 7) is 5.69. The van der Waals surface area contributed by atoms with Crippen molar-refractivity contribution in [3.8, 4) is 5.69 Å². The molecule has 1 atom stereocenters. The number of hydrogen-bond donors (Lipinski definition) is 1. The topological polar surface area (TPSA) is 59.8 Å². The van der Waals surface area contributed by atoms with Crippen LogP contribution in [0.4, 0.5) is 4.39 Å². The van der Waals surface area contributed by atoms with E-state index in [4.69, 9.17) is 0 Å². The Morgan fingerprint density at radius 1 is 1.10 bits per heavy atom. The van der Waals surface area contributed by atoms with E-state index in [0.717, 1.165) is 12.8 Å². The Balaban J connectivity index is 1.62. The van der Waals surface area contributed by atoms with Crippen molar-refractivity contribution in [2.24, 2.45) is 0 Å². The van der Waals surface area contributed by atoms with Crippen LogP contribution in [0.5, 0.6) is 0 Å². The van der Waals surface area contributed by atoms with Gasteiger partial charge in [0.2, 0.25) is 0 Å². The van der Waals surface area contributed by atoms with E-state index >= 15 is 0 Å². The molecule has 2 heterocycles. The third kappa shape index (κ3) is 4.48. The normalized spacial score (nSPS) is 12.1. The summed E-state index contributed by atoms with van der Waals surface area (Å²) in [4.78, 5) is 17.7. The molecular weight excluding hydrogens is 391 g/mol. The van der Waals surface area contributed by atoms with Gasteiger partial charge in [0.25, 0.3) is 5.91 Å². The minimum Gasteiger partial charge on any atom is -0.350 e. The highest BCUT2D eigenvalue weighted by Gasteiger charge is 2.20. The van der Waals surface area contributed by atoms with Crippen molar-refractivity contribution in [2.45, 2.75) is 39.7 Å². The highest BCUT2D eigenvalue weighted by atomic mass is 19.1. The van der Waals surface area contributed by atoms with Gasteiger partial charge in [-0.1, -0.05) is 36.4 Å². The number of amides is 1. The molecule has 4 aromatic rings. The van der Waals surface area contributed by atoms with Gasteiger partial charge in [-0.3, -0.25) is 4.79 Å². The second-order valence-electron chi connectivity index (χ2n) is 7.89. The van der Waals surface area contributed by atoms with Crippen molar-refractivity contribution in [3.05, 3.63) is 89.0 Å². The van der Waals surface area contributed by atoms with Gasteiger partial charge < -0.3 is 5.32 Å². The lowest BCUT2D eigenvalue weighted by atomic mass is 10.0. The third-order valence-electron chi connectivity index (χ3n) is 5.32. The Kier molecular flexibility index (Phi) is 5.80. The van der Waals surface area contributed by atoms with Crippen LogP contribution in [0.25, 0.3) is 16.7 Å². The quantitative estimate of drug-likeness (QED) is 0.485. The molecule has 0 aliphatic rings. The molecule has 1 unspecified atom stereocenters. The van der Waals surface area contributed by atoms with Crippen molar-refractivity contribution < 1.29 is 9.18 Å². The molecule has 0 bridgehead atoms. The Morgan fingerprint density at radius 2 is 1.87 bits per heavy atom. The lowest BCUT2D eigenvalue weighted by molar-refractivity contribution is 0.0940. The second-order valence-corrected chi connectivity index (χ2v) is 7.89. The SMILES string of the molecule is Cc1cc(C(=O)NC(C)CCc2ccccc2)c2c(C)nn(-c3cccc(F)c3)c2n1. The molecular formula is C25H25FN4O. The molecule has 158 valence electrons. The van der Waals surface area contributed by atoms with Gasteiger partial charge in [0.1, 0.15) is 5.82 Å². The van der Waals surface area contributed by atoms with Crippen LogP contribution in [-0.4, -0.2) is 26.7 Å². The molecule has 6 heteroatoms. The van der Waals surface area contributed by atoms with Gasteiger partial charge in [0.05, 0.1) is 22.3 Å². The molecule has 1 amide bonds. The molecule has 0 saturated carbocycles. The number of nitrogens with zero attached hydrogens (tertiary/aromatic N) is 3. The molecule has 0 spiro atoms. The fourth-order valence-electron chi connectivity index (χ4n) is 3.78. The van der Waals surface area contributed by atoms with E-state index in [1.807, 2.05) is 39.0 Å². The van der Waals surface area contributed by atoms with Gasteiger partial charge >= 0.3 is 0 Å². The van der Waals surface area contributed by atoms with E-state index in [9.17, 15) is 9.18 Å². The first kappa shape index (κ1) is 20.7. The van der Waals surface area contributed by atoms with E-state index in [1.165, 1.54) is 17.7 Å². The first-order chi connectivity index (χ1) is 14.9. The molecule has 4 rings (SSSR count). The van der Waals surface area contributed by atoms with Gasteiger partial charge in [-0.15, -0.1) is 0 Å². The summed E-state index contributed by atoms with van der Waals surface area (Å²) < 4.78 is 15.4. The zero-order valence-electron chi connectivity index (χ0n) is 17.9. The standard InChI is InChI=1S/C25H25FN4O/c1-16(12-13-19-8-5-4-6-9-19)28-25(31)22-14-17(2)27-24-23(22)18(3)29-30(24)21-11-7-10-20(26)15-21/h4-11,14-16H,12-13H2,1-3H3,(H,28,31). The van der Waals surface area contributed by atoms with Crippen LogP contribution in [0.15, 0.2) is 60.7 Å². The van der Waals surface area contributed by atoms with Gasteiger partial charge in [-0.25, -0.2) is 14.1 Å². The van der Waals surface area contributed by atoms with E-state index in [-0.39, 0.29) is 17.8 Å². The van der Waals surface area contributed by atoms with Gasteiger partial charge in [-0.2, -0.15) is 5.10 Å². The number of benzene rings is 2. The van der Waals surface area contributed by atoms with Crippen molar-refractivity contribution in [2.75, 3.05) is 0 Å². The molecule has 5 nitrogen and oxygen atoms in total. The van der Waals surface area contributed by atoms with E-state index in [2.05, 4.69) is 27.5 Å². The Labute approximate surface area is 180 Å². The Hall–Kier alpha value is -3.54. The van der Waals surface area contributed by atoms with Gasteiger partial charge in [0, 0.05) is 11.7 Å². The molecule has 0 radical (unpaired) electrons. The number of carbonyl (C=O) groups excluding carboxylic acids is 1. The van der Waals surface area contributed by atoms with Crippen molar-refractivity contribution in [1.82, 2.24) is 20.1 Å². The monoisotopic (exact) mass is 416 g/mol. The maximum Gasteiger partial charge on any atom is 0.252 e. The summed E-state index contributed by atoms with van der Waals surface area (Å²) in [5.74, 6) is -0.505.